The Kier molecular flexibility index (Phi) is 6.25. The lowest BCUT2D eigenvalue weighted by Gasteiger charge is -2.36. The van der Waals surface area contributed by atoms with Crippen molar-refractivity contribution in [2.75, 3.05) is 39.4 Å². The number of ether oxygens (including phenoxy) is 1. The van der Waals surface area contributed by atoms with Crippen molar-refractivity contribution >= 4 is 23.2 Å². The van der Waals surface area contributed by atoms with Crippen LogP contribution in [0.25, 0.3) is 10.6 Å². The standard InChI is InChI=1S/C22H27N3O3S/c1-16-4-2-5-17(12-16)21-23-19(15-29-21)13-20(26)25-7-3-6-18(14-25)22(27)24-8-10-28-11-9-24/h2,4-5,12,15,18H,3,6-11,13-14H2,1H3. The van der Waals surface area contributed by atoms with E-state index in [4.69, 9.17) is 4.74 Å². The fraction of sp³-hybridized carbons (Fsp3) is 0.500. The van der Waals surface area contributed by atoms with Crippen LogP contribution in [-0.4, -0.2) is 66.0 Å². The number of aryl methyl sites for hydroxylation is 1. The summed E-state index contributed by atoms with van der Waals surface area (Å²) < 4.78 is 5.34. The molecular formula is C22H27N3O3S. The second-order valence-corrected chi connectivity index (χ2v) is 8.66. The molecule has 0 saturated carbocycles. The highest BCUT2D eigenvalue weighted by molar-refractivity contribution is 7.13. The summed E-state index contributed by atoms with van der Waals surface area (Å²) >= 11 is 1.57. The largest absolute Gasteiger partial charge is 0.378 e. The monoisotopic (exact) mass is 413 g/mol. The number of amides is 2. The van der Waals surface area contributed by atoms with E-state index in [2.05, 4.69) is 24.0 Å². The van der Waals surface area contributed by atoms with Crippen molar-refractivity contribution in [2.45, 2.75) is 26.2 Å². The Labute approximate surface area is 175 Å². The molecule has 2 amide bonds. The average Bonchev–Trinajstić information content (AvgIpc) is 3.22. The molecule has 29 heavy (non-hydrogen) atoms. The number of rotatable bonds is 4. The third kappa shape index (κ3) is 4.85. The fourth-order valence-electron chi connectivity index (χ4n) is 4.01. The first-order chi connectivity index (χ1) is 14.1. The topological polar surface area (TPSA) is 62.7 Å². The quantitative estimate of drug-likeness (QED) is 0.773. The van der Waals surface area contributed by atoms with Crippen molar-refractivity contribution in [1.82, 2.24) is 14.8 Å². The lowest BCUT2D eigenvalue weighted by molar-refractivity contribution is -0.143. The van der Waals surface area contributed by atoms with E-state index in [1.54, 1.807) is 11.3 Å². The third-order valence-electron chi connectivity index (χ3n) is 5.60. The van der Waals surface area contributed by atoms with Gasteiger partial charge in [-0.2, -0.15) is 0 Å². The van der Waals surface area contributed by atoms with E-state index in [1.807, 2.05) is 27.3 Å². The Morgan fingerprint density at radius 1 is 1.21 bits per heavy atom. The van der Waals surface area contributed by atoms with Crippen molar-refractivity contribution in [3.8, 4) is 10.6 Å². The van der Waals surface area contributed by atoms with Crippen molar-refractivity contribution in [3.05, 3.63) is 40.9 Å². The summed E-state index contributed by atoms with van der Waals surface area (Å²) in [5, 5.41) is 2.91. The second kappa shape index (κ2) is 9.05. The molecule has 1 aromatic carbocycles. The highest BCUT2D eigenvalue weighted by atomic mass is 32.1. The minimum absolute atomic E-state index is 0.0607. The number of benzene rings is 1. The van der Waals surface area contributed by atoms with Gasteiger partial charge in [-0.05, 0) is 25.8 Å². The maximum Gasteiger partial charge on any atom is 0.228 e. The maximum atomic E-state index is 12.9. The molecule has 1 aromatic heterocycles. The van der Waals surface area contributed by atoms with Gasteiger partial charge in [-0.15, -0.1) is 11.3 Å². The number of thiazole rings is 1. The van der Waals surface area contributed by atoms with E-state index in [0.29, 0.717) is 39.3 Å². The summed E-state index contributed by atoms with van der Waals surface area (Å²) in [6.45, 7) is 5.83. The van der Waals surface area contributed by atoms with Crippen molar-refractivity contribution in [2.24, 2.45) is 5.92 Å². The van der Waals surface area contributed by atoms with E-state index in [1.165, 1.54) is 5.56 Å². The highest BCUT2D eigenvalue weighted by Crippen LogP contribution is 2.25. The first-order valence-electron chi connectivity index (χ1n) is 10.3. The third-order valence-corrected chi connectivity index (χ3v) is 6.54. The molecule has 7 heteroatoms. The Balaban J connectivity index is 1.36. The first kappa shape index (κ1) is 20.0. The van der Waals surface area contributed by atoms with Crippen LogP contribution in [0.1, 0.15) is 24.1 Å². The van der Waals surface area contributed by atoms with Gasteiger partial charge in [-0.1, -0.05) is 23.8 Å². The maximum absolute atomic E-state index is 12.9. The normalized spacial score (nSPS) is 20.0. The smallest absolute Gasteiger partial charge is 0.228 e. The molecule has 0 spiro atoms. The van der Waals surface area contributed by atoms with Crippen LogP contribution in [0.3, 0.4) is 0 Å². The van der Waals surface area contributed by atoms with E-state index in [0.717, 1.165) is 35.7 Å². The van der Waals surface area contributed by atoms with Gasteiger partial charge in [0.15, 0.2) is 0 Å². The molecule has 3 heterocycles. The Bertz CT molecular complexity index is 876. The molecule has 1 atom stereocenters. The number of hydrogen-bond donors (Lipinski definition) is 0. The summed E-state index contributed by atoms with van der Waals surface area (Å²) in [6.07, 6.45) is 2.02. The van der Waals surface area contributed by atoms with Gasteiger partial charge in [-0.25, -0.2) is 4.98 Å². The van der Waals surface area contributed by atoms with Gasteiger partial charge in [0.25, 0.3) is 0 Å². The molecule has 2 aliphatic heterocycles. The molecule has 4 rings (SSSR count). The van der Waals surface area contributed by atoms with Crippen LogP contribution < -0.4 is 0 Å². The zero-order valence-corrected chi connectivity index (χ0v) is 17.6. The molecule has 154 valence electrons. The van der Waals surface area contributed by atoms with Gasteiger partial charge in [0.2, 0.25) is 11.8 Å². The SMILES string of the molecule is Cc1cccc(-c2nc(CC(=O)N3CCCC(C(=O)N4CCOCC4)C3)cs2)c1. The van der Waals surface area contributed by atoms with Crippen molar-refractivity contribution in [1.29, 1.82) is 0 Å². The molecular weight excluding hydrogens is 386 g/mol. The molecule has 0 N–H and O–H groups in total. The Morgan fingerprint density at radius 2 is 2.03 bits per heavy atom. The molecule has 0 aliphatic carbocycles. The minimum Gasteiger partial charge on any atom is -0.378 e. The first-order valence-corrected chi connectivity index (χ1v) is 11.1. The van der Waals surface area contributed by atoms with Gasteiger partial charge < -0.3 is 14.5 Å². The van der Waals surface area contributed by atoms with Crippen LogP contribution in [0, 0.1) is 12.8 Å². The van der Waals surface area contributed by atoms with Crippen LogP contribution in [0.5, 0.6) is 0 Å². The van der Waals surface area contributed by atoms with Crippen LogP contribution in [0.15, 0.2) is 29.6 Å². The molecule has 2 saturated heterocycles. The highest BCUT2D eigenvalue weighted by Gasteiger charge is 2.32. The summed E-state index contributed by atoms with van der Waals surface area (Å²) in [6, 6.07) is 8.24. The van der Waals surface area contributed by atoms with E-state index in [9.17, 15) is 9.59 Å². The van der Waals surface area contributed by atoms with Crippen molar-refractivity contribution in [3.63, 3.8) is 0 Å². The number of hydrogen-bond acceptors (Lipinski definition) is 5. The van der Waals surface area contributed by atoms with E-state index < -0.39 is 0 Å². The fourth-order valence-corrected chi connectivity index (χ4v) is 4.83. The number of likely N-dealkylation sites (tertiary alicyclic amines) is 1. The molecule has 2 aromatic rings. The second-order valence-electron chi connectivity index (χ2n) is 7.81. The molecule has 6 nitrogen and oxygen atoms in total. The lowest BCUT2D eigenvalue weighted by atomic mass is 9.96. The van der Waals surface area contributed by atoms with Crippen LogP contribution in [0.4, 0.5) is 0 Å². The van der Waals surface area contributed by atoms with Crippen LogP contribution in [0.2, 0.25) is 0 Å². The Morgan fingerprint density at radius 3 is 2.83 bits per heavy atom. The van der Waals surface area contributed by atoms with Gasteiger partial charge in [-0.3, -0.25) is 9.59 Å². The predicted octanol–water partition coefficient (Wildman–Crippen LogP) is 2.76. The number of nitrogens with zero attached hydrogens (tertiary/aromatic N) is 3. The molecule has 0 bridgehead atoms. The van der Waals surface area contributed by atoms with Gasteiger partial charge >= 0.3 is 0 Å². The number of piperidine rings is 1. The van der Waals surface area contributed by atoms with Crippen LogP contribution >= 0.6 is 11.3 Å². The number of carbonyl (C=O) groups is 2. The number of aromatic nitrogens is 1. The minimum atomic E-state index is -0.0934. The van der Waals surface area contributed by atoms with Crippen molar-refractivity contribution < 1.29 is 14.3 Å². The zero-order valence-electron chi connectivity index (χ0n) is 16.8. The number of carbonyl (C=O) groups excluding carboxylic acids is 2. The van der Waals surface area contributed by atoms with Gasteiger partial charge in [0, 0.05) is 37.1 Å². The Hall–Kier alpha value is -2.25. The average molecular weight is 414 g/mol. The molecule has 2 fully saturated rings. The molecule has 2 aliphatic rings. The summed E-state index contributed by atoms with van der Waals surface area (Å²) in [7, 11) is 0. The predicted molar refractivity (Wildman–Crippen MR) is 113 cm³/mol. The summed E-state index contributed by atoms with van der Waals surface area (Å²) in [5.74, 6) is 0.135. The zero-order chi connectivity index (χ0) is 20.2. The number of morpholine rings is 1. The van der Waals surface area contributed by atoms with Crippen LogP contribution in [-0.2, 0) is 20.7 Å². The van der Waals surface area contributed by atoms with E-state index >= 15 is 0 Å². The summed E-state index contributed by atoms with van der Waals surface area (Å²) in [5.41, 5.74) is 3.08. The molecule has 0 radical (unpaired) electrons. The lowest BCUT2D eigenvalue weighted by Crippen LogP contribution is -2.49. The van der Waals surface area contributed by atoms with Gasteiger partial charge in [0.1, 0.15) is 5.01 Å². The summed E-state index contributed by atoms with van der Waals surface area (Å²) in [4.78, 5) is 34.0. The molecule has 1 unspecified atom stereocenters. The van der Waals surface area contributed by atoms with Gasteiger partial charge in [0.05, 0.1) is 31.2 Å². The van der Waals surface area contributed by atoms with E-state index in [-0.39, 0.29) is 17.7 Å².